The molecule has 0 heterocycles. The van der Waals surface area contributed by atoms with E-state index in [-0.39, 0.29) is 11.2 Å². The quantitative estimate of drug-likeness (QED) is 0.739. The summed E-state index contributed by atoms with van der Waals surface area (Å²) in [6.07, 6.45) is 0.589. The highest BCUT2D eigenvalue weighted by Gasteiger charge is 2.11. The molecule has 2 aromatic carbocycles. The van der Waals surface area contributed by atoms with Gasteiger partial charge < -0.3 is 4.74 Å². The van der Waals surface area contributed by atoms with Crippen LogP contribution in [0.25, 0.3) is 0 Å². The van der Waals surface area contributed by atoms with Crippen LogP contribution in [0.15, 0.2) is 42.5 Å². The summed E-state index contributed by atoms with van der Waals surface area (Å²) in [4.78, 5) is 0. The van der Waals surface area contributed by atoms with Crippen molar-refractivity contribution in [2.75, 3.05) is 7.11 Å². The highest BCUT2D eigenvalue weighted by molar-refractivity contribution is 6.20. The maximum absolute atomic E-state index is 13.1. The topological polar surface area (TPSA) is 9.23 Å². The predicted molar refractivity (Wildman–Crippen MR) is 76.4 cm³/mol. The molecule has 100 valence electrons. The van der Waals surface area contributed by atoms with Crippen molar-refractivity contribution < 1.29 is 9.13 Å². The highest BCUT2D eigenvalue weighted by Crippen LogP contribution is 2.29. The van der Waals surface area contributed by atoms with Crippen LogP contribution < -0.4 is 4.74 Å². The lowest BCUT2D eigenvalue weighted by Crippen LogP contribution is -1.98. The maximum Gasteiger partial charge on any atom is 0.123 e. The molecule has 0 aliphatic rings. The third kappa shape index (κ3) is 3.48. The molecule has 0 saturated heterocycles. The average molecular weight is 279 g/mol. The maximum atomic E-state index is 13.1. The lowest BCUT2D eigenvalue weighted by Gasteiger charge is -2.13. The average Bonchev–Trinajstić information content (AvgIpc) is 2.39. The molecular weight excluding hydrogens is 263 g/mol. The van der Waals surface area contributed by atoms with Gasteiger partial charge in [-0.2, -0.15) is 0 Å². The van der Waals surface area contributed by atoms with Crippen LogP contribution in [0.5, 0.6) is 5.75 Å². The molecule has 0 bridgehead atoms. The Bertz CT molecular complexity index is 568. The van der Waals surface area contributed by atoms with E-state index in [1.807, 2.05) is 31.2 Å². The molecule has 0 aliphatic carbocycles. The fraction of sp³-hybridized carbons (Fsp3) is 0.250. The minimum Gasteiger partial charge on any atom is -0.496 e. The van der Waals surface area contributed by atoms with Crippen molar-refractivity contribution in [1.82, 2.24) is 0 Å². The molecule has 0 fully saturated rings. The van der Waals surface area contributed by atoms with E-state index in [1.165, 1.54) is 12.1 Å². The molecule has 0 N–H and O–H groups in total. The first kappa shape index (κ1) is 13.9. The van der Waals surface area contributed by atoms with Crippen LogP contribution in [-0.2, 0) is 6.42 Å². The highest BCUT2D eigenvalue weighted by atomic mass is 35.5. The van der Waals surface area contributed by atoms with Crippen molar-refractivity contribution >= 4 is 11.6 Å². The van der Waals surface area contributed by atoms with Gasteiger partial charge in [0.25, 0.3) is 0 Å². The van der Waals surface area contributed by atoms with Crippen molar-refractivity contribution in [3.05, 3.63) is 65.0 Å². The van der Waals surface area contributed by atoms with Crippen molar-refractivity contribution in [2.45, 2.75) is 18.7 Å². The molecule has 0 radical (unpaired) electrons. The zero-order valence-corrected chi connectivity index (χ0v) is 11.7. The largest absolute Gasteiger partial charge is 0.496 e. The molecule has 1 unspecified atom stereocenters. The van der Waals surface area contributed by atoms with Crippen LogP contribution in [0.2, 0.25) is 0 Å². The number of aryl methyl sites for hydroxylation is 1. The molecule has 0 amide bonds. The van der Waals surface area contributed by atoms with Gasteiger partial charge in [-0.1, -0.05) is 24.3 Å². The summed E-state index contributed by atoms with van der Waals surface area (Å²) in [5.74, 6) is 0.588. The lowest BCUT2D eigenvalue weighted by atomic mass is 10.0. The summed E-state index contributed by atoms with van der Waals surface area (Å²) in [7, 11) is 1.64. The number of methoxy groups -OCH3 is 1. The van der Waals surface area contributed by atoms with Crippen molar-refractivity contribution in [2.24, 2.45) is 0 Å². The monoisotopic (exact) mass is 278 g/mol. The first-order chi connectivity index (χ1) is 9.10. The standard InChI is InChI=1S/C16H16ClFO/c1-11-6-7-13(10-16(11)19-2)15(17)9-12-4-3-5-14(18)8-12/h3-8,10,15H,9H2,1-2H3. The van der Waals surface area contributed by atoms with Crippen molar-refractivity contribution in [3.8, 4) is 5.75 Å². The molecule has 1 atom stereocenters. The first-order valence-corrected chi connectivity index (χ1v) is 6.57. The Morgan fingerprint density at radius 3 is 2.68 bits per heavy atom. The minimum absolute atomic E-state index is 0.198. The first-order valence-electron chi connectivity index (χ1n) is 6.13. The molecular formula is C16H16ClFO. The fourth-order valence-electron chi connectivity index (χ4n) is 2.02. The summed E-state index contributed by atoms with van der Waals surface area (Å²) in [5.41, 5.74) is 2.94. The second kappa shape index (κ2) is 6.07. The van der Waals surface area contributed by atoms with Crippen LogP contribution in [0.3, 0.4) is 0 Å². The Morgan fingerprint density at radius 1 is 1.21 bits per heavy atom. The molecule has 2 aromatic rings. The minimum atomic E-state index is -0.233. The Kier molecular flexibility index (Phi) is 4.43. The number of halogens is 2. The molecule has 0 spiro atoms. The molecule has 3 heteroatoms. The van der Waals surface area contributed by atoms with Crippen LogP contribution >= 0.6 is 11.6 Å². The van der Waals surface area contributed by atoms with Gasteiger partial charge in [-0.05, 0) is 48.2 Å². The van der Waals surface area contributed by atoms with Gasteiger partial charge in [-0.15, -0.1) is 11.6 Å². The third-order valence-corrected chi connectivity index (χ3v) is 3.50. The van der Waals surface area contributed by atoms with E-state index in [4.69, 9.17) is 16.3 Å². The van der Waals surface area contributed by atoms with E-state index in [1.54, 1.807) is 13.2 Å². The lowest BCUT2D eigenvalue weighted by molar-refractivity contribution is 0.411. The third-order valence-electron chi connectivity index (χ3n) is 3.10. The van der Waals surface area contributed by atoms with Gasteiger partial charge in [0.1, 0.15) is 11.6 Å². The van der Waals surface area contributed by atoms with E-state index in [0.29, 0.717) is 6.42 Å². The van der Waals surface area contributed by atoms with Crippen LogP contribution in [0.4, 0.5) is 4.39 Å². The van der Waals surface area contributed by atoms with Gasteiger partial charge in [0.15, 0.2) is 0 Å². The molecule has 0 aliphatic heterocycles. The number of hydrogen-bond acceptors (Lipinski definition) is 1. The van der Waals surface area contributed by atoms with E-state index < -0.39 is 0 Å². The summed E-state index contributed by atoms with van der Waals surface area (Å²) < 4.78 is 18.4. The normalized spacial score (nSPS) is 12.2. The predicted octanol–water partition coefficient (Wildman–Crippen LogP) is 4.67. The number of hydrogen-bond donors (Lipinski definition) is 0. The van der Waals surface area contributed by atoms with Gasteiger partial charge in [0.2, 0.25) is 0 Å². The number of benzene rings is 2. The van der Waals surface area contributed by atoms with Crippen LogP contribution in [0.1, 0.15) is 22.1 Å². The van der Waals surface area contributed by atoms with Gasteiger partial charge in [0, 0.05) is 0 Å². The van der Waals surface area contributed by atoms with Crippen LogP contribution in [-0.4, -0.2) is 7.11 Å². The molecule has 19 heavy (non-hydrogen) atoms. The Balaban J connectivity index is 2.18. The summed E-state index contributed by atoms with van der Waals surface area (Å²) in [6.45, 7) is 1.98. The molecule has 1 nitrogen and oxygen atoms in total. The van der Waals surface area contributed by atoms with Crippen molar-refractivity contribution in [3.63, 3.8) is 0 Å². The second-order valence-corrected chi connectivity index (χ2v) is 5.06. The summed E-state index contributed by atoms with van der Waals surface area (Å²) in [6, 6.07) is 12.4. The molecule has 2 rings (SSSR count). The van der Waals surface area contributed by atoms with Crippen molar-refractivity contribution in [1.29, 1.82) is 0 Å². The number of ether oxygens (including phenoxy) is 1. The SMILES string of the molecule is COc1cc(C(Cl)Cc2cccc(F)c2)ccc1C. The van der Waals surface area contributed by atoms with Gasteiger partial charge in [0.05, 0.1) is 12.5 Å². The number of alkyl halides is 1. The van der Waals surface area contributed by atoms with E-state index in [2.05, 4.69) is 0 Å². The fourth-order valence-corrected chi connectivity index (χ4v) is 2.33. The zero-order valence-electron chi connectivity index (χ0n) is 11.0. The Labute approximate surface area is 118 Å². The van der Waals surface area contributed by atoms with Gasteiger partial charge >= 0.3 is 0 Å². The van der Waals surface area contributed by atoms with E-state index in [0.717, 1.165) is 22.4 Å². The summed E-state index contributed by atoms with van der Waals surface area (Å²) >= 11 is 6.40. The van der Waals surface area contributed by atoms with Gasteiger partial charge in [-0.3, -0.25) is 0 Å². The Hall–Kier alpha value is -1.54. The smallest absolute Gasteiger partial charge is 0.123 e. The van der Waals surface area contributed by atoms with Crippen LogP contribution in [0, 0.1) is 12.7 Å². The van der Waals surface area contributed by atoms with E-state index in [9.17, 15) is 4.39 Å². The second-order valence-electron chi connectivity index (χ2n) is 4.53. The van der Waals surface area contributed by atoms with Gasteiger partial charge in [-0.25, -0.2) is 4.39 Å². The summed E-state index contributed by atoms with van der Waals surface area (Å²) in [5, 5.41) is -0.198. The number of rotatable bonds is 4. The molecule has 0 saturated carbocycles. The van der Waals surface area contributed by atoms with E-state index >= 15 is 0 Å². The zero-order chi connectivity index (χ0) is 13.8. The Morgan fingerprint density at radius 2 is 2.00 bits per heavy atom. The molecule has 0 aromatic heterocycles.